The smallest absolute Gasteiger partial charge is 0.0897 e. The van der Waals surface area contributed by atoms with Gasteiger partial charge in [-0.3, -0.25) is 0 Å². The second-order valence-corrected chi connectivity index (χ2v) is 5.47. The Hall–Kier alpha value is -0.160. The minimum Gasteiger partial charge on any atom is -0.389 e. The first-order valence-electron chi connectivity index (χ1n) is 8.27. The minimum atomic E-state index is -0.431. The van der Waals surface area contributed by atoms with Gasteiger partial charge >= 0.3 is 0 Å². The lowest BCUT2D eigenvalue weighted by Crippen LogP contribution is -2.38. The molecule has 0 aliphatic carbocycles. The van der Waals surface area contributed by atoms with E-state index in [1.165, 1.54) is 32.1 Å². The molecule has 0 heterocycles. The second kappa shape index (κ2) is 15.2. The molecule has 0 aromatic carbocycles. The van der Waals surface area contributed by atoms with Gasteiger partial charge in [0.25, 0.3) is 0 Å². The van der Waals surface area contributed by atoms with Crippen LogP contribution in [0.1, 0.15) is 59.3 Å². The summed E-state index contributed by atoms with van der Waals surface area (Å²) in [4.78, 5) is 0. The molecule has 2 unspecified atom stereocenters. The fourth-order valence-electron chi connectivity index (χ4n) is 1.95. The monoisotopic (exact) mass is 289 g/mol. The van der Waals surface area contributed by atoms with E-state index in [0.29, 0.717) is 19.8 Å². The van der Waals surface area contributed by atoms with Crippen LogP contribution in [0.2, 0.25) is 0 Å². The highest BCUT2D eigenvalue weighted by molar-refractivity contribution is 4.64. The Kier molecular flexibility index (Phi) is 15.1. The first-order valence-corrected chi connectivity index (χ1v) is 8.27. The summed E-state index contributed by atoms with van der Waals surface area (Å²) >= 11 is 0. The molecule has 2 N–H and O–H groups in total. The molecule has 0 saturated carbocycles. The molecule has 0 aliphatic rings. The Morgan fingerprint density at radius 1 is 0.950 bits per heavy atom. The molecule has 0 amide bonds. The molecule has 122 valence electrons. The van der Waals surface area contributed by atoms with Crippen LogP contribution in [-0.4, -0.2) is 50.2 Å². The first kappa shape index (κ1) is 19.8. The van der Waals surface area contributed by atoms with Gasteiger partial charge in [0.05, 0.1) is 19.3 Å². The van der Waals surface area contributed by atoms with Gasteiger partial charge in [-0.25, -0.2) is 0 Å². The van der Waals surface area contributed by atoms with Crippen molar-refractivity contribution in [1.29, 1.82) is 0 Å². The lowest BCUT2D eigenvalue weighted by molar-refractivity contribution is 0.0319. The van der Waals surface area contributed by atoms with Gasteiger partial charge < -0.3 is 19.9 Å². The highest BCUT2D eigenvalue weighted by Gasteiger charge is 2.07. The summed E-state index contributed by atoms with van der Waals surface area (Å²) < 4.78 is 10.8. The summed E-state index contributed by atoms with van der Waals surface area (Å²) in [5.41, 5.74) is 0. The van der Waals surface area contributed by atoms with Crippen LogP contribution >= 0.6 is 0 Å². The Morgan fingerprint density at radius 2 is 1.65 bits per heavy atom. The summed E-state index contributed by atoms with van der Waals surface area (Å²) in [6.07, 6.45) is 7.17. The van der Waals surface area contributed by atoms with Gasteiger partial charge in [-0.15, -0.1) is 0 Å². The highest BCUT2D eigenvalue weighted by Crippen LogP contribution is 2.04. The van der Waals surface area contributed by atoms with Crippen LogP contribution in [0.3, 0.4) is 0 Å². The van der Waals surface area contributed by atoms with Crippen molar-refractivity contribution in [3.8, 4) is 0 Å². The molecule has 2 atom stereocenters. The Morgan fingerprint density at radius 3 is 2.35 bits per heavy atom. The molecule has 0 rings (SSSR count). The quantitative estimate of drug-likeness (QED) is 0.455. The molecule has 0 bridgehead atoms. The van der Waals surface area contributed by atoms with Crippen LogP contribution in [0, 0.1) is 0 Å². The van der Waals surface area contributed by atoms with Gasteiger partial charge in [0.2, 0.25) is 0 Å². The molecule has 0 aliphatic heterocycles. The number of aliphatic hydroxyl groups is 1. The van der Waals surface area contributed by atoms with Crippen molar-refractivity contribution in [2.24, 2.45) is 0 Å². The van der Waals surface area contributed by atoms with Crippen molar-refractivity contribution in [3.05, 3.63) is 0 Å². The van der Waals surface area contributed by atoms with E-state index in [4.69, 9.17) is 9.47 Å². The molecular weight excluding hydrogens is 254 g/mol. The van der Waals surface area contributed by atoms with E-state index in [1.807, 2.05) is 6.92 Å². The molecule has 0 spiro atoms. The van der Waals surface area contributed by atoms with Crippen molar-refractivity contribution in [2.75, 3.05) is 33.0 Å². The summed E-state index contributed by atoms with van der Waals surface area (Å²) in [6, 6.07) is 0.267. The molecule has 0 aromatic rings. The van der Waals surface area contributed by atoms with Gasteiger partial charge in [0.15, 0.2) is 0 Å². The van der Waals surface area contributed by atoms with Crippen molar-refractivity contribution in [2.45, 2.75) is 71.4 Å². The minimum absolute atomic E-state index is 0.267. The van der Waals surface area contributed by atoms with E-state index in [-0.39, 0.29) is 6.04 Å². The Bertz CT molecular complexity index is 191. The molecule has 0 saturated heterocycles. The molecule has 0 fully saturated rings. The van der Waals surface area contributed by atoms with Gasteiger partial charge in [-0.1, -0.05) is 39.0 Å². The van der Waals surface area contributed by atoms with Gasteiger partial charge in [-0.2, -0.15) is 0 Å². The van der Waals surface area contributed by atoms with Crippen LogP contribution < -0.4 is 5.32 Å². The van der Waals surface area contributed by atoms with Crippen LogP contribution in [0.25, 0.3) is 0 Å². The average Bonchev–Trinajstić information content (AvgIpc) is 2.45. The zero-order valence-electron chi connectivity index (χ0n) is 13.7. The highest BCUT2D eigenvalue weighted by atomic mass is 16.5. The lowest BCUT2D eigenvalue weighted by Gasteiger charge is -2.17. The molecule has 0 aromatic heterocycles. The summed E-state index contributed by atoms with van der Waals surface area (Å²) in [5, 5.41) is 13.0. The summed E-state index contributed by atoms with van der Waals surface area (Å²) in [6.45, 7) is 9.43. The number of aliphatic hydroxyl groups excluding tert-OH is 1. The van der Waals surface area contributed by atoms with Crippen molar-refractivity contribution in [3.63, 3.8) is 0 Å². The predicted octanol–water partition coefficient (Wildman–Crippen LogP) is 2.74. The normalized spacial score (nSPS) is 14.4. The van der Waals surface area contributed by atoms with Crippen LogP contribution in [0.5, 0.6) is 0 Å². The predicted molar refractivity (Wildman–Crippen MR) is 84.2 cm³/mol. The summed E-state index contributed by atoms with van der Waals surface area (Å²) in [7, 11) is 0. The van der Waals surface area contributed by atoms with Gasteiger partial charge in [0, 0.05) is 25.8 Å². The zero-order valence-corrected chi connectivity index (χ0v) is 13.7. The summed E-state index contributed by atoms with van der Waals surface area (Å²) in [5.74, 6) is 0. The maximum atomic E-state index is 9.77. The molecule has 4 nitrogen and oxygen atoms in total. The van der Waals surface area contributed by atoms with E-state index in [0.717, 1.165) is 19.6 Å². The standard InChI is InChI=1S/C16H35NO3/c1-4-6-7-8-9-10-11-20-14-16(18)12-17-15(3)13-19-5-2/h15-18H,4-14H2,1-3H3. The number of ether oxygens (including phenoxy) is 2. The van der Waals surface area contributed by atoms with E-state index in [1.54, 1.807) is 0 Å². The molecule has 0 radical (unpaired) electrons. The Balaban J connectivity index is 3.25. The van der Waals surface area contributed by atoms with E-state index in [9.17, 15) is 5.11 Å². The number of nitrogens with one attached hydrogen (secondary N) is 1. The number of hydrogen-bond donors (Lipinski definition) is 2. The van der Waals surface area contributed by atoms with Gasteiger partial charge in [-0.05, 0) is 20.3 Å². The third-order valence-electron chi connectivity index (χ3n) is 3.23. The molecule has 20 heavy (non-hydrogen) atoms. The molecular formula is C16H35NO3. The third kappa shape index (κ3) is 14.3. The largest absolute Gasteiger partial charge is 0.389 e. The maximum Gasteiger partial charge on any atom is 0.0897 e. The first-order chi connectivity index (χ1) is 9.70. The molecule has 4 heteroatoms. The van der Waals surface area contributed by atoms with Crippen LogP contribution in [0.4, 0.5) is 0 Å². The fraction of sp³-hybridized carbons (Fsp3) is 1.00. The SMILES string of the molecule is CCCCCCCCOCC(O)CNC(C)COCC. The van der Waals surface area contributed by atoms with Crippen LogP contribution in [-0.2, 0) is 9.47 Å². The van der Waals surface area contributed by atoms with Crippen molar-refractivity contribution in [1.82, 2.24) is 5.32 Å². The van der Waals surface area contributed by atoms with Crippen LogP contribution in [0.15, 0.2) is 0 Å². The number of unbranched alkanes of at least 4 members (excludes halogenated alkanes) is 5. The van der Waals surface area contributed by atoms with E-state index >= 15 is 0 Å². The van der Waals surface area contributed by atoms with E-state index in [2.05, 4.69) is 19.2 Å². The van der Waals surface area contributed by atoms with Crippen molar-refractivity contribution < 1.29 is 14.6 Å². The third-order valence-corrected chi connectivity index (χ3v) is 3.23. The second-order valence-electron chi connectivity index (χ2n) is 5.47. The van der Waals surface area contributed by atoms with Gasteiger partial charge in [0.1, 0.15) is 0 Å². The maximum absolute atomic E-state index is 9.77. The fourth-order valence-corrected chi connectivity index (χ4v) is 1.95. The Labute approximate surface area is 125 Å². The average molecular weight is 289 g/mol. The zero-order chi connectivity index (χ0) is 15.1. The topological polar surface area (TPSA) is 50.7 Å². The lowest BCUT2D eigenvalue weighted by atomic mass is 10.1. The number of hydrogen-bond acceptors (Lipinski definition) is 4. The van der Waals surface area contributed by atoms with Crippen molar-refractivity contribution >= 4 is 0 Å². The van der Waals surface area contributed by atoms with E-state index < -0.39 is 6.10 Å². The number of rotatable bonds is 15.